The van der Waals surface area contributed by atoms with Gasteiger partial charge in [-0.1, -0.05) is 6.42 Å². The van der Waals surface area contributed by atoms with Crippen LogP contribution >= 0.6 is 12.4 Å². The predicted molar refractivity (Wildman–Crippen MR) is 88.6 cm³/mol. The molecule has 4 rings (SSSR count). The maximum absolute atomic E-state index is 12.2. The number of nitrogens with one attached hydrogen (secondary N) is 1. The lowest BCUT2D eigenvalue weighted by Crippen LogP contribution is -2.43. The van der Waals surface area contributed by atoms with Crippen molar-refractivity contribution < 1.29 is 4.79 Å². The van der Waals surface area contributed by atoms with Gasteiger partial charge in [-0.05, 0) is 61.5 Å². The van der Waals surface area contributed by atoms with E-state index < -0.39 is 0 Å². The van der Waals surface area contributed by atoms with Gasteiger partial charge in [0, 0.05) is 11.7 Å². The number of carbonyl (C=O) groups is 1. The number of fused-ring (bicyclic) bond motifs is 5. The third-order valence-corrected chi connectivity index (χ3v) is 5.96. The van der Waals surface area contributed by atoms with E-state index in [1.165, 1.54) is 32.1 Å². The number of pyridine rings is 1. The number of amides is 1. The van der Waals surface area contributed by atoms with Crippen LogP contribution in [0.4, 0.5) is 5.69 Å². The number of hydrogen-bond donors (Lipinski definition) is 2. The molecule has 22 heavy (non-hydrogen) atoms. The molecule has 3 aliphatic carbocycles. The largest absolute Gasteiger partial charge is 0.397 e. The number of halogens is 1. The fourth-order valence-electron chi connectivity index (χ4n) is 5.20. The smallest absolute Gasteiger partial charge is 0.226 e. The molecule has 1 aromatic rings. The lowest BCUT2D eigenvalue weighted by Gasteiger charge is -2.32. The molecular weight excluding hydrogens is 298 g/mol. The van der Waals surface area contributed by atoms with Gasteiger partial charge < -0.3 is 11.1 Å². The summed E-state index contributed by atoms with van der Waals surface area (Å²) in [7, 11) is 0. The minimum absolute atomic E-state index is 0. The van der Waals surface area contributed by atoms with Gasteiger partial charge in [0.05, 0.1) is 18.3 Å². The van der Waals surface area contributed by atoms with Crippen molar-refractivity contribution in [2.75, 3.05) is 5.73 Å². The number of nitrogens with two attached hydrogens (primary N) is 1. The topological polar surface area (TPSA) is 68.0 Å². The van der Waals surface area contributed by atoms with Crippen LogP contribution in [-0.2, 0) is 11.2 Å². The Bertz CT molecular complexity index is 547. The highest BCUT2D eigenvalue weighted by molar-refractivity contribution is 5.85. The van der Waals surface area contributed by atoms with E-state index in [9.17, 15) is 4.79 Å². The monoisotopic (exact) mass is 321 g/mol. The molecule has 120 valence electrons. The lowest BCUT2D eigenvalue weighted by atomic mass is 9.79. The second-order valence-corrected chi connectivity index (χ2v) is 7.09. The fraction of sp³-hybridized carbons (Fsp3) is 0.647. The summed E-state index contributed by atoms with van der Waals surface area (Å²) >= 11 is 0. The van der Waals surface area contributed by atoms with Gasteiger partial charge in [-0.15, -0.1) is 12.4 Å². The average Bonchev–Trinajstić information content (AvgIpc) is 3.13. The van der Waals surface area contributed by atoms with Gasteiger partial charge in [0.15, 0.2) is 0 Å². The summed E-state index contributed by atoms with van der Waals surface area (Å²) in [5.74, 6) is 3.60. The highest BCUT2D eigenvalue weighted by atomic mass is 35.5. The quantitative estimate of drug-likeness (QED) is 0.899. The summed E-state index contributed by atoms with van der Waals surface area (Å²) in [4.78, 5) is 16.4. The van der Waals surface area contributed by atoms with Crippen molar-refractivity contribution in [2.45, 2.75) is 44.6 Å². The molecule has 0 saturated heterocycles. The molecule has 1 heterocycles. The highest BCUT2D eigenvalue weighted by Gasteiger charge is 2.53. The molecule has 5 unspecified atom stereocenters. The molecule has 5 atom stereocenters. The minimum atomic E-state index is 0. The van der Waals surface area contributed by atoms with Crippen molar-refractivity contribution in [1.29, 1.82) is 0 Å². The molecule has 3 N–H and O–H groups in total. The maximum atomic E-state index is 12.2. The second-order valence-electron chi connectivity index (χ2n) is 7.09. The number of carbonyl (C=O) groups excluding carboxylic acids is 1. The van der Waals surface area contributed by atoms with Crippen LogP contribution in [-0.4, -0.2) is 16.9 Å². The van der Waals surface area contributed by atoms with E-state index in [0.29, 0.717) is 18.2 Å². The van der Waals surface area contributed by atoms with Crippen LogP contribution in [0.15, 0.2) is 18.3 Å². The van der Waals surface area contributed by atoms with Gasteiger partial charge in [0.25, 0.3) is 0 Å². The number of anilines is 1. The number of nitrogen functional groups attached to an aromatic ring is 1. The van der Waals surface area contributed by atoms with Gasteiger partial charge >= 0.3 is 0 Å². The minimum Gasteiger partial charge on any atom is -0.397 e. The number of nitrogens with zero attached hydrogens (tertiary/aromatic N) is 1. The maximum Gasteiger partial charge on any atom is 0.226 e. The Morgan fingerprint density at radius 3 is 2.82 bits per heavy atom. The van der Waals surface area contributed by atoms with E-state index >= 15 is 0 Å². The Morgan fingerprint density at radius 2 is 2.05 bits per heavy atom. The molecule has 1 aromatic heterocycles. The van der Waals surface area contributed by atoms with Gasteiger partial charge in [-0.2, -0.15) is 0 Å². The molecule has 3 fully saturated rings. The third kappa shape index (κ3) is 2.69. The van der Waals surface area contributed by atoms with Crippen molar-refractivity contribution in [1.82, 2.24) is 10.3 Å². The summed E-state index contributed by atoms with van der Waals surface area (Å²) in [5, 5.41) is 3.28. The Balaban J connectivity index is 0.00000144. The molecule has 0 aliphatic heterocycles. The van der Waals surface area contributed by atoms with E-state index in [4.69, 9.17) is 5.73 Å². The number of rotatable bonds is 3. The number of aromatic nitrogens is 1. The Kier molecular flexibility index (Phi) is 4.31. The molecule has 3 aliphatic rings. The van der Waals surface area contributed by atoms with Crippen molar-refractivity contribution in [2.24, 2.45) is 23.7 Å². The lowest BCUT2D eigenvalue weighted by molar-refractivity contribution is -0.121. The van der Waals surface area contributed by atoms with E-state index in [1.54, 1.807) is 12.3 Å². The molecule has 3 saturated carbocycles. The summed E-state index contributed by atoms with van der Waals surface area (Å²) in [5.41, 5.74) is 7.05. The van der Waals surface area contributed by atoms with Crippen molar-refractivity contribution >= 4 is 24.0 Å². The van der Waals surface area contributed by atoms with E-state index in [-0.39, 0.29) is 18.3 Å². The molecule has 0 aromatic carbocycles. The standard InChI is InChI=1S/C17H23N3O.ClH/c18-11-4-5-12(19-9-11)8-17(21)20-16-7-10-6-15(16)14-3-1-2-13(10)14;/h4-5,9-10,13-16H,1-3,6-8,18H2,(H,20,21);1H. The molecular formula is C17H24ClN3O. The van der Waals surface area contributed by atoms with E-state index in [0.717, 1.165) is 29.4 Å². The number of hydrogen-bond acceptors (Lipinski definition) is 3. The summed E-state index contributed by atoms with van der Waals surface area (Å²) in [6, 6.07) is 4.05. The van der Waals surface area contributed by atoms with Crippen LogP contribution in [0.3, 0.4) is 0 Å². The van der Waals surface area contributed by atoms with Gasteiger partial charge in [-0.25, -0.2) is 0 Å². The van der Waals surface area contributed by atoms with E-state index in [2.05, 4.69) is 10.3 Å². The first kappa shape index (κ1) is 15.6. The summed E-state index contributed by atoms with van der Waals surface area (Å²) in [6.07, 6.45) is 8.75. The summed E-state index contributed by atoms with van der Waals surface area (Å²) < 4.78 is 0. The van der Waals surface area contributed by atoms with Crippen molar-refractivity contribution in [3.8, 4) is 0 Å². The van der Waals surface area contributed by atoms with Crippen LogP contribution in [0, 0.1) is 23.7 Å². The zero-order valence-electron chi connectivity index (χ0n) is 12.7. The second kappa shape index (κ2) is 6.07. The fourth-order valence-corrected chi connectivity index (χ4v) is 5.20. The van der Waals surface area contributed by atoms with Gasteiger partial charge in [0.1, 0.15) is 0 Å². The SMILES string of the molecule is Cl.Nc1ccc(CC(=O)NC2CC3CC2C2CCCC32)nc1. The molecule has 4 nitrogen and oxygen atoms in total. The summed E-state index contributed by atoms with van der Waals surface area (Å²) in [6.45, 7) is 0. The first-order chi connectivity index (χ1) is 10.2. The first-order valence-electron chi connectivity index (χ1n) is 8.20. The molecule has 2 bridgehead atoms. The molecule has 1 amide bonds. The molecule has 0 radical (unpaired) electrons. The Labute approximate surface area is 137 Å². The zero-order chi connectivity index (χ0) is 14.4. The van der Waals surface area contributed by atoms with Crippen molar-refractivity contribution in [3.63, 3.8) is 0 Å². The Hall–Kier alpha value is -1.29. The molecule has 0 spiro atoms. The normalized spacial score (nSPS) is 35.0. The van der Waals surface area contributed by atoms with Crippen LogP contribution in [0.5, 0.6) is 0 Å². The van der Waals surface area contributed by atoms with Crippen LogP contribution in [0.1, 0.15) is 37.8 Å². The van der Waals surface area contributed by atoms with Crippen LogP contribution < -0.4 is 11.1 Å². The highest BCUT2D eigenvalue weighted by Crippen LogP contribution is 2.58. The van der Waals surface area contributed by atoms with Crippen molar-refractivity contribution in [3.05, 3.63) is 24.0 Å². The zero-order valence-corrected chi connectivity index (χ0v) is 13.5. The third-order valence-electron chi connectivity index (χ3n) is 5.96. The van der Waals surface area contributed by atoms with E-state index in [1.807, 2.05) is 6.07 Å². The van der Waals surface area contributed by atoms with Gasteiger partial charge in [-0.3, -0.25) is 9.78 Å². The average molecular weight is 322 g/mol. The molecule has 5 heteroatoms. The first-order valence-corrected chi connectivity index (χ1v) is 8.20. The van der Waals surface area contributed by atoms with Gasteiger partial charge in [0.2, 0.25) is 5.91 Å². The Morgan fingerprint density at radius 1 is 1.23 bits per heavy atom. The predicted octanol–water partition coefficient (Wildman–Crippen LogP) is 2.57. The van der Waals surface area contributed by atoms with Crippen LogP contribution in [0.25, 0.3) is 0 Å². The van der Waals surface area contributed by atoms with Crippen LogP contribution in [0.2, 0.25) is 0 Å².